The maximum atomic E-state index is 12.8. The standard InChI is InChI=1S/C24H26N2O5S/c1-18(31-22-13-11-21(30-3)12-14-22)24(27)25-20-9-15-23(16-10-20)32(28,29)26(2)17-19-7-5-4-6-8-19/h4-16,18H,17H2,1-3H3,(H,25,27). The molecular weight excluding hydrogens is 428 g/mol. The molecule has 7 nitrogen and oxygen atoms in total. The third-order valence-corrected chi connectivity index (χ3v) is 6.64. The van der Waals surface area contributed by atoms with E-state index in [0.717, 1.165) is 5.56 Å². The number of anilines is 1. The number of carbonyl (C=O) groups is 1. The van der Waals surface area contributed by atoms with Gasteiger partial charge in [0.1, 0.15) is 11.5 Å². The van der Waals surface area contributed by atoms with Gasteiger partial charge in [0.15, 0.2) is 6.10 Å². The van der Waals surface area contributed by atoms with Gasteiger partial charge in [-0.1, -0.05) is 30.3 Å². The molecule has 3 aromatic carbocycles. The third-order valence-electron chi connectivity index (χ3n) is 4.82. The lowest BCUT2D eigenvalue weighted by Crippen LogP contribution is -2.30. The van der Waals surface area contributed by atoms with E-state index in [0.29, 0.717) is 17.2 Å². The summed E-state index contributed by atoms with van der Waals surface area (Å²) >= 11 is 0. The molecule has 8 heteroatoms. The molecule has 0 aliphatic carbocycles. The number of sulfonamides is 1. The number of hydrogen-bond donors (Lipinski definition) is 1. The van der Waals surface area contributed by atoms with E-state index in [4.69, 9.17) is 9.47 Å². The van der Waals surface area contributed by atoms with Crippen LogP contribution in [-0.2, 0) is 21.4 Å². The van der Waals surface area contributed by atoms with Crippen molar-refractivity contribution in [2.24, 2.45) is 0 Å². The highest BCUT2D eigenvalue weighted by Gasteiger charge is 2.21. The predicted molar refractivity (Wildman–Crippen MR) is 123 cm³/mol. The quantitative estimate of drug-likeness (QED) is 0.530. The average molecular weight is 455 g/mol. The molecule has 0 radical (unpaired) electrons. The Balaban J connectivity index is 1.60. The highest BCUT2D eigenvalue weighted by atomic mass is 32.2. The Bertz CT molecular complexity index is 1130. The zero-order valence-electron chi connectivity index (χ0n) is 18.2. The first kappa shape index (κ1) is 23.3. The van der Waals surface area contributed by atoms with Gasteiger partial charge in [-0.05, 0) is 61.0 Å². The first-order chi connectivity index (χ1) is 15.3. The molecule has 0 saturated heterocycles. The molecule has 0 fully saturated rings. The van der Waals surface area contributed by atoms with Gasteiger partial charge in [-0.2, -0.15) is 4.31 Å². The van der Waals surface area contributed by atoms with E-state index in [1.54, 1.807) is 50.4 Å². The summed E-state index contributed by atoms with van der Waals surface area (Å²) < 4.78 is 37.7. The van der Waals surface area contributed by atoms with Crippen molar-refractivity contribution >= 4 is 21.6 Å². The van der Waals surface area contributed by atoms with Gasteiger partial charge in [0, 0.05) is 19.3 Å². The van der Waals surface area contributed by atoms with Crippen LogP contribution >= 0.6 is 0 Å². The van der Waals surface area contributed by atoms with Gasteiger partial charge in [0.25, 0.3) is 5.91 Å². The van der Waals surface area contributed by atoms with Crippen LogP contribution in [0, 0.1) is 0 Å². The lowest BCUT2D eigenvalue weighted by atomic mass is 10.2. The van der Waals surface area contributed by atoms with Crippen molar-refractivity contribution in [1.29, 1.82) is 0 Å². The number of nitrogens with one attached hydrogen (secondary N) is 1. The molecule has 3 rings (SSSR count). The summed E-state index contributed by atoms with van der Waals surface area (Å²) in [6.45, 7) is 1.90. The normalized spacial score (nSPS) is 12.2. The summed E-state index contributed by atoms with van der Waals surface area (Å²) in [7, 11) is -0.548. The lowest BCUT2D eigenvalue weighted by Gasteiger charge is -2.18. The minimum atomic E-state index is -3.66. The van der Waals surface area contributed by atoms with Crippen LogP contribution in [0.4, 0.5) is 5.69 Å². The van der Waals surface area contributed by atoms with Gasteiger partial charge in [0.05, 0.1) is 12.0 Å². The summed E-state index contributed by atoms with van der Waals surface area (Å²) in [6, 6.07) is 22.3. The third kappa shape index (κ3) is 5.87. The van der Waals surface area contributed by atoms with Crippen molar-refractivity contribution in [3.63, 3.8) is 0 Å². The number of benzene rings is 3. The van der Waals surface area contributed by atoms with Gasteiger partial charge in [0.2, 0.25) is 10.0 Å². The van der Waals surface area contributed by atoms with Crippen molar-refractivity contribution in [3.8, 4) is 11.5 Å². The summed E-state index contributed by atoms with van der Waals surface area (Å²) in [5.74, 6) is 0.882. The maximum absolute atomic E-state index is 12.8. The van der Waals surface area contributed by atoms with Gasteiger partial charge >= 0.3 is 0 Å². The highest BCUT2D eigenvalue weighted by molar-refractivity contribution is 7.89. The second-order valence-electron chi connectivity index (χ2n) is 7.20. The topological polar surface area (TPSA) is 84.9 Å². The average Bonchev–Trinajstić information content (AvgIpc) is 2.80. The van der Waals surface area contributed by atoms with E-state index in [-0.39, 0.29) is 17.3 Å². The smallest absolute Gasteiger partial charge is 0.265 e. The van der Waals surface area contributed by atoms with E-state index < -0.39 is 16.1 Å². The molecule has 0 aliphatic heterocycles. The van der Waals surface area contributed by atoms with Gasteiger partial charge < -0.3 is 14.8 Å². The molecule has 0 saturated carbocycles. The largest absolute Gasteiger partial charge is 0.497 e. The summed E-state index contributed by atoms with van der Waals surface area (Å²) in [5, 5.41) is 2.74. The molecule has 0 aromatic heterocycles. The molecule has 1 unspecified atom stereocenters. The molecule has 0 spiro atoms. The summed E-state index contributed by atoms with van der Waals surface area (Å²) in [6.07, 6.45) is -0.746. The Kier molecular flexibility index (Phi) is 7.50. The number of nitrogens with zero attached hydrogens (tertiary/aromatic N) is 1. The van der Waals surface area contributed by atoms with E-state index in [1.165, 1.54) is 23.5 Å². The number of ether oxygens (including phenoxy) is 2. The zero-order valence-corrected chi connectivity index (χ0v) is 19.0. The molecule has 1 amide bonds. The Labute approximate surface area is 188 Å². The van der Waals surface area contributed by atoms with Crippen LogP contribution in [0.25, 0.3) is 0 Å². The molecule has 168 valence electrons. The second-order valence-corrected chi connectivity index (χ2v) is 9.24. The van der Waals surface area contributed by atoms with E-state index in [9.17, 15) is 13.2 Å². The number of methoxy groups -OCH3 is 1. The van der Waals surface area contributed by atoms with Gasteiger partial charge in [-0.3, -0.25) is 4.79 Å². The molecule has 0 bridgehead atoms. The van der Waals surface area contributed by atoms with Gasteiger partial charge in [-0.25, -0.2) is 8.42 Å². The highest BCUT2D eigenvalue weighted by Crippen LogP contribution is 2.21. The number of hydrogen-bond acceptors (Lipinski definition) is 5. The minimum Gasteiger partial charge on any atom is -0.497 e. The van der Waals surface area contributed by atoms with Crippen LogP contribution in [0.5, 0.6) is 11.5 Å². The SMILES string of the molecule is COc1ccc(OC(C)C(=O)Nc2ccc(S(=O)(=O)N(C)Cc3ccccc3)cc2)cc1. The van der Waals surface area contributed by atoms with Crippen LogP contribution in [0.1, 0.15) is 12.5 Å². The first-order valence-electron chi connectivity index (χ1n) is 10.0. The van der Waals surface area contributed by atoms with Crippen LogP contribution in [-0.4, -0.2) is 38.9 Å². The predicted octanol–water partition coefficient (Wildman–Crippen LogP) is 3.92. The zero-order chi connectivity index (χ0) is 23.1. The fraction of sp³-hybridized carbons (Fsp3) is 0.208. The molecule has 3 aromatic rings. The number of rotatable bonds is 9. The number of amides is 1. The van der Waals surface area contributed by atoms with Crippen molar-refractivity contribution in [2.45, 2.75) is 24.5 Å². The fourth-order valence-corrected chi connectivity index (χ4v) is 4.13. The molecule has 0 heterocycles. The van der Waals surface area contributed by atoms with Crippen LogP contribution in [0.2, 0.25) is 0 Å². The second kappa shape index (κ2) is 10.3. The van der Waals surface area contributed by atoms with Crippen molar-refractivity contribution < 1.29 is 22.7 Å². The fourth-order valence-electron chi connectivity index (χ4n) is 2.97. The molecule has 1 atom stereocenters. The van der Waals surface area contributed by atoms with Crippen molar-refractivity contribution in [3.05, 3.63) is 84.4 Å². The van der Waals surface area contributed by atoms with E-state index in [2.05, 4.69) is 5.32 Å². The van der Waals surface area contributed by atoms with Gasteiger partial charge in [-0.15, -0.1) is 0 Å². The van der Waals surface area contributed by atoms with Crippen molar-refractivity contribution in [2.75, 3.05) is 19.5 Å². The first-order valence-corrected chi connectivity index (χ1v) is 11.5. The Morgan fingerprint density at radius 2 is 1.53 bits per heavy atom. The van der Waals surface area contributed by atoms with Crippen LogP contribution in [0.15, 0.2) is 83.8 Å². The Hall–Kier alpha value is -3.36. The number of carbonyl (C=O) groups excluding carboxylic acids is 1. The molecule has 32 heavy (non-hydrogen) atoms. The Morgan fingerprint density at radius 1 is 0.938 bits per heavy atom. The molecule has 0 aliphatic rings. The lowest BCUT2D eigenvalue weighted by molar-refractivity contribution is -0.122. The molecule has 1 N–H and O–H groups in total. The van der Waals surface area contributed by atoms with Crippen LogP contribution < -0.4 is 14.8 Å². The Morgan fingerprint density at radius 3 is 2.12 bits per heavy atom. The summed E-state index contributed by atoms with van der Waals surface area (Å²) in [4.78, 5) is 12.6. The maximum Gasteiger partial charge on any atom is 0.265 e. The summed E-state index contributed by atoms with van der Waals surface area (Å²) in [5.41, 5.74) is 1.37. The van der Waals surface area contributed by atoms with E-state index >= 15 is 0 Å². The van der Waals surface area contributed by atoms with E-state index in [1.807, 2.05) is 30.3 Å². The minimum absolute atomic E-state index is 0.150. The molecular formula is C24H26N2O5S. The van der Waals surface area contributed by atoms with Crippen LogP contribution in [0.3, 0.4) is 0 Å². The van der Waals surface area contributed by atoms with Crippen molar-refractivity contribution in [1.82, 2.24) is 4.31 Å². The monoisotopic (exact) mass is 454 g/mol.